The third-order valence-electron chi connectivity index (χ3n) is 1.88. The average molecular weight is 313 g/mol. The van der Waals surface area contributed by atoms with Crippen LogP contribution < -0.4 is 5.43 Å². The lowest BCUT2D eigenvalue weighted by atomic mass is 10.4. The lowest BCUT2D eigenvalue weighted by Crippen LogP contribution is -2.17. The number of nitrogens with one attached hydrogen (secondary N) is 2. The number of carbonyl (C=O) groups excluding carboxylic acids is 1. The Morgan fingerprint density at radius 2 is 2.47 bits per heavy atom. The molecule has 2 aromatic heterocycles. The number of rotatable bonds is 3. The molecule has 17 heavy (non-hydrogen) atoms. The normalized spacial score (nSPS) is 10.9. The smallest absolute Gasteiger partial charge is 0.282 e. The number of nitrogens with zero attached hydrogens (tertiary/aromatic N) is 2. The number of hydrogen-bond donors (Lipinski definition) is 2. The number of carbonyl (C=O) groups is 1. The molecule has 0 bridgehead atoms. The molecular formula is C10H9BrN4OS. The van der Waals surface area contributed by atoms with Crippen LogP contribution in [0.3, 0.4) is 0 Å². The topological polar surface area (TPSA) is 70.1 Å². The molecular weight excluding hydrogens is 304 g/mol. The van der Waals surface area contributed by atoms with E-state index in [9.17, 15) is 4.79 Å². The van der Waals surface area contributed by atoms with Crippen LogP contribution in [0, 0.1) is 6.92 Å². The molecule has 5 nitrogen and oxygen atoms in total. The second kappa shape index (κ2) is 5.24. The highest BCUT2D eigenvalue weighted by atomic mass is 79.9. The van der Waals surface area contributed by atoms with E-state index in [1.807, 2.05) is 18.4 Å². The minimum absolute atomic E-state index is 0.326. The average Bonchev–Trinajstić information content (AvgIpc) is 2.88. The van der Waals surface area contributed by atoms with Gasteiger partial charge in [-0.05, 0) is 35.0 Å². The summed E-state index contributed by atoms with van der Waals surface area (Å²) in [6.45, 7) is 1.83. The highest BCUT2D eigenvalue weighted by Crippen LogP contribution is 2.17. The summed E-state index contributed by atoms with van der Waals surface area (Å²) in [5.74, 6) is -0.332. The Labute approximate surface area is 110 Å². The first kappa shape index (κ1) is 12.0. The van der Waals surface area contributed by atoms with Crippen LogP contribution >= 0.6 is 27.3 Å². The Morgan fingerprint density at radius 3 is 3.06 bits per heavy atom. The minimum Gasteiger partial charge on any atom is -0.282 e. The molecule has 0 unspecified atom stereocenters. The van der Waals surface area contributed by atoms with E-state index in [1.54, 1.807) is 12.3 Å². The number of hydrogen-bond acceptors (Lipinski definition) is 4. The zero-order valence-electron chi connectivity index (χ0n) is 8.90. The summed E-state index contributed by atoms with van der Waals surface area (Å²) < 4.78 is 0.998. The van der Waals surface area contributed by atoms with Crippen molar-refractivity contribution in [1.29, 1.82) is 0 Å². The molecule has 0 atom stereocenters. The van der Waals surface area contributed by atoms with Gasteiger partial charge in [-0.25, -0.2) is 5.43 Å². The number of hydrazone groups is 1. The number of halogens is 1. The third kappa shape index (κ3) is 3.24. The molecule has 0 aromatic carbocycles. The Hall–Kier alpha value is -1.47. The van der Waals surface area contributed by atoms with Gasteiger partial charge in [-0.15, -0.1) is 11.3 Å². The van der Waals surface area contributed by atoms with Crippen LogP contribution in [0.2, 0.25) is 0 Å². The first-order chi connectivity index (χ1) is 8.15. The number of amides is 1. The van der Waals surface area contributed by atoms with Crippen LogP contribution in [0.15, 0.2) is 27.1 Å². The maximum Gasteiger partial charge on any atom is 0.291 e. The summed E-state index contributed by atoms with van der Waals surface area (Å²) in [6, 6.07) is 3.57. The fraction of sp³-hybridized carbons (Fsp3) is 0.100. The summed E-state index contributed by atoms with van der Waals surface area (Å²) in [4.78, 5) is 12.5. The van der Waals surface area contributed by atoms with Gasteiger partial charge in [0, 0.05) is 20.4 Å². The standard InChI is InChI=1S/C10H9BrN4OS/c1-6-2-9(14-13-6)10(16)15-12-4-8-3-7(11)5-17-8/h2-5H,1H3,(H,13,14)(H,15,16)/b12-4+. The van der Waals surface area contributed by atoms with Crippen LogP contribution in [-0.2, 0) is 0 Å². The van der Waals surface area contributed by atoms with Crippen molar-refractivity contribution in [3.05, 3.63) is 38.3 Å². The fourth-order valence-electron chi connectivity index (χ4n) is 1.14. The van der Waals surface area contributed by atoms with Crippen molar-refractivity contribution < 1.29 is 4.79 Å². The minimum atomic E-state index is -0.332. The Morgan fingerprint density at radius 1 is 1.65 bits per heavy atom. The molecule has 1 amide bonds. The van der Waals surface area contributed by atoms with Gasteiger partial charge in [0.05, 0.1) is 6.21 Å². The quantitative estimate of drug-likeness (QED) is 0.674. The summed E-state index contributed by atoms with van der Waals surface area (Å²) in [5, 5.41) is 12.3. The van der Waals surface area contributed by atoms with Crippen molar-refractivity contribution >= 4 is 39.4 Å². The number of H-pyrrole nitrogens is 1. The van der Waals surface area contributed by atoms with E-state index >= 15 is 0 Å². The maximum atomic E-state index is 11.5. The van der Waals surface area contributed by atoms with Gasteiger partial charge in [-0.2, -0.15) is 10.2 Å². The molecule has 0 aliphatic heterocycles. The zero-order valence-corrected chi connectivity index (χ0v) is 11.3. The van der Waals surface area contributed by atoms with Gasteiger partial charge in [-0.1, -0.05) is 0 Å². The molecule has 0 aliphatic rings. The maximum absolute atomic E-state index is 11.5. The molecule has 0 spiro atoms. The molecule has 0 saturated carbocycles. The lowest BCUT2D eigenvalue weighted by molar-refractivity contribution is 0.0950. The van der Waals surface area contributed by atoms with Crippen molar-refractivity contribution in [2.75, 3.05) is 0 Å². The van der Waals surface area contributed by atoms with Crippen LogP contribution in [0.4, 0.5) is 0 Å². The molecule has 0 saturated heterocycles. The van der Waals surface area contributed by atoms with E-state index in [0.29, 0.717) is 5.69 Å². The molecule has 7 heteroatoms. The number of thiophene rings is 1. The predicted molar refractivity (Wildman–Crippen MR) is 70.4 cm³/mol. The zero-order chi connectivity index (χ0) is 12.3. The Kier molecular flexibility index (Phi) is 3.70. The van der Waals surface area contributed by atoms with Crippen LogP contribution in [-0.4, -0.2) is 22.3 Å². The van der Waals surface area contributed by atoms with Crippen LogP contribution in [0.5, 0.6) is 0 Å². The Balaban J connectivity index is 1.94. The molecule has 0 fully saturated rings. The van der Waals surface area contributed by atoms with Gasteiger partial charge < -0.3 is 0 Å². The monoisotopic (exact) mass is 312 g/mol. The van der Waals surface area contributed by atoms with Crippen LogP contribution in [0.1, 0.15) is 21.1 Å². The van der Waals surface area contributed by atoms with Crippen molar-refractivity contribution in [2.45, 2.75) is 6.92 Å². The van der Waals surface area contributed by atoms with E-state index in [4.69, 9.17) is 0 Å². The summed E-state index contributed by atoms with van der Waals surface area (Å²) >= 11 is 4.87. The molecule has 2 heterocycles. The first-order valence-corrected chi connectivity index (χ1v) is 6.42. The summed E-state index contributed by atoms with van der Waals surface area (Å²) in [5.41, 5.74) is 3.57. The van der Waals surface area contributed by atoms with Crippen molar-refractivity contribution in [3.8, 4) is 0 Å². The van der Waals surface area contributed by atoms with Crippen molar-refractivity contribution in [3.63, 3.8) is 0 Å². The molecule has 88 valence electrons. The fourth-order valence-corrected chi connectivity index (χ4v) is 2.45. The predicted octanol–water partition coefficient (Wildman–Crippen LogP) is 2.31. The van der Waals surface area contributed by atoms with Gasteiger partial charge in [0.1, 0.15) is 0 Å². The van der Waals surface area contributed by atoms with Gasteiger partial charge in [0.15, 0.2) is 5.69 Å². The van der Waals surface area contributed by atoms with Crippen LogP contribution in [0.25, 0.3) is 0 Å². The first-order valence-electron chi connectivity index (χ1n) is 4.74. The largest absolute Gasteiger partial charge is 0.291 e. The molecule has 0 radical (unpaired) electrons. The molecule has 2 aromatic rings. The molecule has 0 aliphatic carbocycles. The van der Waals surface area contributed by atoms with Gasteiger partial charge in [0.25, 0.3) is 5.91 Å². The number of aromatic amines is 1. The third-order valence-corrected chi connectivity index (χ3v) is 3.51. The summed E-state index contributed by atoms with van der Waals surface area (Å²) in [7, 11) is 0. The van der Waals surface area contributed by atoms with Crippen molar-refractivity contribution in [1.82, 2.24) is 15.6 Å². The lowest BCUT2D eigenvalue weighted by Gasteiger charge is -1.93. The van der Waals surface area contributed by atoms with E-state index in [2.05, 4.69) is 36.7 Å². The van der Waals surface area contributed by atoms with Crippen molar-refractivity contribution in [2.24, 2.45) is 5.10 Å². The highest BCUT2D eigenvalue weighted by molar-refractivity contribution is 9.10. The van der Waals surface area contributed by atoms with E-state index < -0.39 is 0 Å². The second-order valence-corrected chi connectivity index (χ2v) is 5.16. The van der Waals surface area contributed by atoms with Gasteiger partial charge in [-0.3, -0.25) is 9.89 Å². The van der Waals surface area contributed by atoms with E-state index in [-0.39, 0.29) is 5.91 Å². The number of aromatic nitrogens is 2. The molecule has 2 N–H and O–H groups in total. The summed E-state index contributed by atoms with van der Waals surface area (Å²) in [6.07, 6.45) is 1.59. The van der Waals surface area contributed by atoms with Gasteiger partial charge >= 0.3 is 0 Å². The Bertz CT molecular complexity index is 560. The highest BCUT2D eigenvalue weighted by Gasteiger charge is 2.07. The van der Waals surface area contributed by atoms with Gasteiger partial charge in [0.2, 0.25) is 0 Å². The second-order valence-electron chi connectivity index (χ2n) is 3.30. The van der Waals surface area contributed by atoms with E-state index in [0.717, 1.165) is 15.0 Å². The molecule has 2 rings (SSSR count). The number of aryl methyl sites for hydroxylation is 1. The van der Waals surface area contributed by atoms with E-state index in [1.165, 1.54) is 11.3 Å². The SMILES string of the molecule is Cc1cc(C(=O)N/N=C/c2cc(Br)cs2)n[nH]1.